The first kappa shape index (κ1) is 15.6. The maximum absolute atomic E-state index is 13.4. The molecule has 0 aromatic heterocycles. The number of aromatic carboxylic acids is 1. The number of hydrogen-bond donors (Lipinski definition) is 2. The van der Waals surface area contributed by atoms with Crippen molar-refractivity contribution in [2.75, 3.05) is 6.54 Å². The average molecular weight is 308 g/mol. The minimum Gasteiger partial charge on any atom is -0.478 e. The first-order chi connectivity index (χ1) is 8.79. The lowest BCUT2D eigenvalue weighted by molar-refractivity contribution is 0.0696. The normalized spacial score (nSPS) is 11.3. The molecule has 2 N–H and O–H groups in total. The van der Waals surface area contributed by atoms with E-state index >= 15 is 0 Å². The summed E-state index contributed by atoms with van der Waals surface area (Å²) in [5, 5.41) is 8.19. The van der Waals surface area contributed by atoms with Crippen LogP contribution in [-0.2, 0) is 10.0 Å². The molecule has 0 heterocycles. The highest BCUT2D eigenvalue weighted by atomic mass is 35.5. The number of sulfonamides is 1. The summed E-state index contributed by atoms with van der Waals surface area (Å²) in [6.07, 6.45) is 1.90. The highest BCUT2D eigenvalue weighted by Crippen LogP contribution is 2.24. The quantitative estimate of drug-likeness (QED) is 0.622. The van der Waals surface area contributed by atoms with Crippen molar-refractivity contribution in [1.82, 2.24) is 4.72 Å². The highest BCUT2D eigenvalue weighted by Gasteiger charge is 2.21. The molecule has 19 heavy (non-hydrogen) atoms. The third kappa shape index (κ3) is 3.76. The van der Waals surface area contributed by atoms with Crippen molar-refractivity contribution >= 4 is 27.6 Å². The van der Waals surface area contributed by atoms with Crippen molar-refractivity contribution < 1.29 is 22.7 Å². The summed E-state index contributed by atoms with van der Waals surface area (Å²) in [4.78, 5) is 10.3. The van der Waals surface area contributed by atoms with E-state index in [2.05, 4.69) is 11.3 Å². The van der Waals surface area contributed by atoms with Crippen LogP contribution in [-0.4, -0.2) is 26.0 Å². The van der Waals surface area contributed by atoms with Gasteiger partial charge < -0.3 is 5.11 Å². The second-order valence-electron chi connectivity index (χ2n) is 3.55. The predicted molar refractivity (Wildman–Crippen MR) is 68.4 cm³/mol. The number of carbonyl (C=O) groups is 1. The monoisotopic (exact) mass is 307 g/mol. The molecule has 1 aromatic rings. The molecule has 0 radical (unpaired) electrons. The summed E-state index contributed by atoms with van der Waals surface area (Å²) >= 11 is 5.45. The van der Waals surface area contributed by atoms with Crippen molar-refractivity contribution in [3.8, 4) is 0 Å². The molecule has 0 atom stereocenters. The van der Waals surface area contributed by atoms with Crippen molar-refractivity contribution in [2.24, 2.45) is 0 Å². The molecule has 0 unspecified atom stereocenters. The van der Waals surface area contributed by atoms with Gasteiger partial charge in [-0.05, 0) is 18.6 Å². The number of hydrogen-bond acceptors (Lipinski definition) is 3. The number of rotatable bonds is 6. The van der Waals surface area contributed by atoms with Crippen molar-refractivity contribution in [3.05, 3.63) is 41.2 Å². The van der Waals surface area contributed by atoms with Gasteiger partial charge in [-0.1, -0.05) is 17.7 Å². The van der Waals surface area contributed by atoms with Gasteiger partial charge in [-0.3, -0.25) is 0 Å². The van der Waals surface area contributed by atoms with Gasteiger partial charge in [0.05, 0.1) is 15.5 Å². The number of benzene rings is 1. The van der Waals surface area contributed by atoms with E-state index in [1.807, 2.05) is 0 Å². The molecule has 0 amide bonds. The fourth-order valence-corrected chi connectivity index (χ4v) is 2.53. The van der Waals surface area contributed by atoms with Gasteiger partial charge in [-0.15, -0.1) is 6.58 Å². The Balaban J connectivity index is 3.21. The summed E-state index contributed by atoms with van der Waals surface area (Å²) in [5.74, 6) is -2.61. The number of carboxylic acid groups (broad SMARTS) is 1. The maximum Gasteiger partial charge on any atom is 0.337 e. The SMILES string of the molecule is C=CCCNS(=O)(=O)c1cc(F)c(Cl)c(C(=O)O)c1. The molecule has 0 fully saturated rings. The molecule has 0 saturated carbocycles. The van der Waals surface area contributed by atoms with Crippen LogP contribution in [0.15, 0.2) is 29.7 Å². The molecule has 0 bridgehead atoms. The summed E-state index contributed by atoms with van der Waals surface area (Å²) in [6.45, 7) is 3.51. The Labute approximate surface area is 114 Å². The van der Waals surface area contributed by atoms with Gasteiger partial charge >= 0.3 is 5.97 Å². The Bertz CT molecular complexity index is 615. The minimum atomic E-state index is -3.99. The Kier molecular flexibility index (Phi) is 5.04. The molecule has 5 nitrogen and oxygen atoms in total. The molecule has 104 valence electrons. The molecular weight excluding hydrogens is 297 g/mol. The molecule has 0 aliphatic heterocycles. The zero-order valence-corrected chi connectivity index (χ0v) is 11.3. The van der Waals surface area contributed by atoms with Gasteiger partial charge in [0.15, 0.2) is 0 Å². The van der Waals surface area contributed by atoms with E-state index in [0.29, 0.717) is 12.5 Å². The summed E-state index contributed by atoms with van der Waals surface area (Å²) in [7, 11) is -3.99. The molecule has 0 saturated heterocycles. The van der Waals surface area contributed by atoms with Crippen molar-refractivity contribution in [3.63, 3.8) is 0 Å². The van der Waals surface area contributed by atoms with Crippen LogP contribution in [0.5, 0.6) is 0 Å². The molecule has 0 aliphatic rings. The van der Waals surface area contributed by atoms with E-state index < -0.39 is 37.3 Å². The molecular formula is C11H11ClFNO4S. The second-order valence-corrected chi connectivity index (χ2v) is 5.69. The van der Waals surface area contributed by atoms with Gasteiger partial charge in [0.2, 0.25) is 10.0 Å². The lowest BCUT2D eigenvalue weighted by Crippen LogP contribution is -2.25. The van der Waals surface area contributed by atoms with Crippen LogP contribution >= 0.6 is 11.6 Å². The average Bonchev–Trinajstić information content (AvgIpc) is 2.32. The summed E-state index contributed by atoms with van der Waals surface area (Å²) < 4.78 is 39.2. The van der Waals surface area contributed by atoms with Crippen LogP contribution in [0.2, 0.25) is 5.02 Å². The number of nitrogens with one attached hydrogen (secondary N) is 1. The van der Waals surface area contributed by atoms with Gasteiger partial charge in [-0.25, -0.2) is 22.3 Å². The van der Waals surface area contributed by atoms with E-state index in [0.717, 1.165) is 6.07 Å². The Hall–Kier alpha value is -1.44. The minimum absolute atomic E-state index is 0.0818. The van der Waals surface area contributed by atoms with E-state index in [9.17, 15) is 17.6 Å². The topological polar surface area (TPSA) is 83.5 Å². The van der Waals surface area contributed by atoms with Crippen LogP contribution in [0, 0.1) is 5.82 Å². The summed E-state index contributed by atoms with van der Waals surface area (Å²) in [6, 6.07) is 1.48. The van der Waals surface area contributed by atoms with Crippen molar-refractivity contribution in [2.45, 2.75) is 11.3 Å². The van der Waals surface area contributed by atoms with Crippen LogP contribution in [0.25, 0.3) is 0 Å². The molecule has 0 spiro atoms. The first-order valence-electron chi connectivity index (χ1n) is 5.12. The Morgan fingerprint density at radius 1 is 1.53 bits per heavy atom. The van der Waals surface area contributed by atoms with Gasteiger partial charge in [-0.2, -0.15) is 0 Å². The highest BCUT2D eigenvalue weighted by molar-refractivity contribution is 7.89. The second kappa shape index (κ2) is 6.14. The Morgan fingerprint density at radius 3 is 2.68 bits per heavy atom. The van der Waals surface area contributed by atoms with Crippen LogP contribution in [0.1, 0.15) is 16.8 Å². The number of carboxylic acids is 1. The van der Waals surface area contributed by atoms with Gasteiger partial charge in [0, 0.05) is 6.54 Å². The number of halogens is 2. The third-order valence-electron chi connectivity index (χ3n) is 2.18. The molecule has 8 heteroatoms. The first-order valence-corrected chi connectivity index (χ1v) is 6.98. The van der Waals surface area contributed by atoms with E-state index in [1.165, 1.54) is 6.08 Å². The lowest BCUT2D eigenvalue weighted by atomic mass is 10.2. The summed E-state index contributed by atoms with van der Waals surface area (Å²) in [5.41, 5.74) is -0.606. The molecule has 0 aliphatic carbocycles. The van der Waals surface area contributed by atoms with Crippen LogP contribution in [0.4, 0.5) is 4.39 Å². The predicted octanol–water partition coefficient (Wildman–Crippen LogP) is 2.03. The smallest absolute Gasteiger partial charge is 0.337 e. The van der Waals surface area contributed by atoms with E-state index in [-0.39, 0.29) is 6.54 Å². The fraction of sp³-hybridized carbons (Fsp3) is 0.182. The van der Waals surface area contributed by atoms with Crippen LogP contribution < -0.4 is 4.72 Å². The Morgan fingerprint density at radius 2 is 2.16 bits per heavy atom. The van der Waals surface area contributed by atoms with E-state index in [1.54, 1.807) is 0 Å². The molecule has 1 aromatic carbocycles. The van der Waals surface area contributed by atoms with E-state index in [4.69, 9.17) is 16.7 Å². The molecule has 1 rings (SSSR count). The van der Waals surface area contributed by atoms with Gasteiger partial charge in [0.1, 0.15) is 5.82 Å². The fourth-order valence-electron chi connectivity index (χ4n) is 1.25. The van der Waals surface area contributed by atoms with Crippen LogP contribution in [0.3, 0.4) is 0 Å². The zero-order valence-electron chi connectivity index (χ0n) is 9.69. The third-order valence-corrected chi connectivity index (χ3v) is 4.01. The standard InChI is InChI=1S/C11H11ClFNO4S/c1-2-3-4-14-19(17,18)7-5-8(11(15)16)10(12)9(13)6-7/h2,5-6,14H,1,3-4H2,(H,15,16). The largest absolute Gasteiger partial charge is 0.478 e. The lowest BCUT2D eigenvalue weighted by Gasteiger charge is -2.08. The maximum atomic E-state index is 13.4. The zero-order chi connectivity index (χ0) is 14.6. The van der Waals surface area contributed by atoms with Gasteiger partial charge in [0.25, 0.3) is 0 Å². The van der Waals surface area contributed by atoms with Crippen molar-refractivity contribution in [1.29, 1.82) is 0 Å².